The van der Waals surface area contributed by atoms with Crippen LogP contribution in [0.4, 0.5) is 8.78 Å². The summed E-state index contributed by atoms with van der Waals surface area (Å²) in [5, 5.41) is 2.59. The Morgan fingerprint density at radius 3 is 2.72 bits per heavy atom. The maximum Gasteiger partial charge on any atom is 0.224 e. The van der Waals surface area contributed by atoms with Crippen molar-refractivity contribution in [3.63, 3.8) is 0 Å². The van der Waals surface area contributed by atoms with Gasteiger partial charge in [0.05, 0.1) is 11.4 Å². The molecule has 3 N–H and O–H groups in total. The Morgan fingerprint density at radius 1 is 1.50 bits per heavy atom. The summed E-state index contributed by atoms with van der Waals surface area (Å²) in [6, 6.07) is 3.12. The van der Waals surface area contributed by atoms with E-state index in [1.165, 1.54) is 6.07 Å². The van der Waals surface area contributed by atoms with Crippen LogP contribution in [0.1, 0.15) is 12.5 Å². The maximum absolute atomic E-state index is 13.3. The van der Waals surface area contributed by atoms with Crippen molar-refractivity contribution in [3.05, 3.63) is 35.4 Å². The Balaban J connectivity index is 2.52. The van der Waals surface area contributed by atoms with Crippen molar-refractivity contribution in [3.8, 4) is 0 Å². The van der Waals surface area contributed by atoms with Crippen LogP contribution in [-0.4, -0.2) is 17.4 Å². The van der Waals surface area contributed by atoms with Crippen molar-refractivity contribution in [1.82, 2.24) is 5.32 Å². The van der Waals surface area contributed by atoms with Crippen LogP contribution in [0.15, 0.2) is 18.2 Å². The second-order valence-electron chi connectivity index (χ2n) is 4.02. The summed E-state index contributed by atoms with van der Waals surface area (Å²) in [6.07, 6.45) is -0.143. The number of nitrogens with two attached hydrogens (primary N) is 1. The predicted molar refractivity (Wildman–Crippen MR) is 69.0 cm³/mol. The molecular formula is C12H14F2N2OS. The quantitative estimate of drug-likeness (QED) is 0.800. The third-order valence-electron chi connectivity index (χ3n) is 2.46. The Labute approximate surface area is 109 Å². The van der Waals surface area contributed by atoms with Crippen molar-refractivity contribution in [1.29, 1.82) is 0 Å². The largest absolute Gasteiger partial charge is 0.393 e. The van der Waals surface area contributed by atoms with Gasteiger partial charge in [0.2, 0.25) is 5.91 Å². The molecule has 0 aliphatic rings. The van der Waals surface area contributed by atoms with E-state index in [-0.39, 0.29) is 23.8 Å². The highest BCUT2D eigenvalue weighted by Gasteiger charge is 2.11. The predicted octanol–water partition coefficient (Wildman–Crippen LogP) is 1.55. The van der Waals surface area contributed by atoms with Crippen molar-refractivity contribution >= 4 is 23.1 Å². The van der Waals surface area contributed by atoms with Gasteiger partial charge in [-0.1, -0.05) is 25.2 Å². The molecule has 0 fully saturated rings. The molecule has 0 aromatic heterocycles. The third kappa shape index (κ3) is 4.37. The van der Waals surface area contributed by atoms with Crippen LogP contribution < -0.4 is 11.1 Å². The Morgan fingerprint density at radius 2 is 2.17 bits per heavy atom. The van der Waals surface area contributed by atoms with Crippen molar-refractivity contribution < 1.29 is 13.6 Å². The van der Waals surface area contributed by atoms with Gasteiger partial charge in [-0.15, -0.1) is 0 Å². The minimum absolute atomic E-state index is 0.123. The molecule has 3 nitrogen and oxygen atoms in total. The smallest absolute Gasteiger partial charge is 0.224 e. The van der Waals surface area contributed by atoms with Crippen molar-refractivity contribution in [2.75, 3.05) is 6.54 Å². The van der Waals surface area contributed by atoms with Crippen molar-refractivity contribution in [2.24, 2.45) is 11.7 Å². The molecule has 1 unspecified atom stereocenters. The lowest BCUT2D eigenvalue weighted by atomic mass is 10.1. The van der Waals surface area contributed by atoms with Crippen LogP contribution in [-0.2, 0) is 11.2 Å². The molecular weight excluding hydrogens is 258 g/mol. The number of nitrogens with one attached hydrogen (secondary N) is 1. The minimum atomic E-state index is -0.729. The average molecular weight is 272 g/mol. The van der Waals surface area contributed by atoms with Gasteiger partial charge < -0.3 is 11.1 Å². The second kappa shape index (κ2) is 6.39. The topological polar surface area (TPSA) is 55.1 Å². The Bertz CT molecular complexity index is 465. The molecule has 98 valence electrons. The molecule has 0 spiro atoms. The molecule has 1 aromatic rings. The van der Waals surface area contributed by atoms with Gasteiger partial charge in [0.25, 0.3) is 0 Å². The Kier molecular flexibility index (Phi) is 5.15. The van der Waals surface area contributed by atoms with Crippen LogP contribution in [0.3, 0.4) is 0 Å². The van der Waals surface area contributed by atoms with Gasteiger partial charge in [-0.2, -0.15) is 0 Å². The number of amides is 1. The summed E-state index contributed by atoms with van der Waals surface area (Å²) >= 11 is 4.76. The van der Waals surface area contributed by atoms with E-state index in [1.807, 2.05) is 0 Å². The molecule has 0 aliphatic heterocycles. The first-order chi connectivity index (χ1) is 8.40. The van der Waals surface area contributed by atoms with Crippen LogP contribution in [0.25, 0.3) is 0 Å². The zero-order valence-corrected chi connectivity index (χ0v) is 10.7. The summed E-state index contributed by atoms with van der Waals surface area (Å²) in [7, 11) is 0. The fourth-order valence-corrected chi connectivity index (χ4v) is 1.35. The summed E-state index contributed by atoms with van der Waals surface area (Å²) in [4.78, 5) is 11.8. The number of benzene rings is 1. The van der Waals surface area contributed by atoms with Gasteiger partial charge in [-0.25, -0.2) is 8.78 Å². The molecule has 0 saturated carbocycles. The highest BCUT2D eigenvalue weighted by molar-refractivity contribution is 7.80. The number of carbonyl (C=O) groups is 1. The lowest BCUT2D eigenvalue weighted by Crippen LogP contribution is -2.34. The molecule has 0 bridgehead atoms. The molecule has 0 saturated heterocycles. The van der Waals surface area contributed by atoms with Gasteiger partial charge in [0, 0.05) is 18.5 Å². The van der Waals surface area contributed by atoms with E-state index in [0.29, 0.717) is 11.5 Å². The van der Waals surface area contributed by atoms with Gasteiger partial charge in [-0.05, 0) is 11.6 Å². The third-order valence-corrected chi connectivity index (χ3v) is 2.86. The summed E-state index contributed by atoms with van der Waals surface area (Å²) < 4.78 is 25.9. The van der Waals surface area contributed by atoms with Gasteiger partial charge >= 0.3 is 0 Å². The molecule has 1 rings (SSSR count). The number of carbonyl (C=O) groups excluding carboxylic acids is 1. The van der Waals surface area contributed by atoms with Crippen LogP contribution in [0, 0.1) is 17.6 Å². The van der Waals surface area contributed by atoms with Crippen LogP contribution >= 0.6 is 12.2 Å². The monoisotopic (exact) mass is 272 g/mol. The summed E-state index contributed by atoms with van der Waals surface area (Å²) in [6.45, 7) is 2.08. The van der Waals surface area contributed by atoms with Gasteiger partial charge in [0.15, 0.2) is 0 Å². The normalized spacial score (nSPS) is 11.9. The van der Waals surface area contributed by atoms with E-state index >= 15 is 0 Å². The summed E-state index contributed by atoms with van der Waals surface area (Å²) in [5.74, 6) is -1.88. The van der Waals surface area contributed by atoms with Crippen molar-refractivity contribution in [2.45, 2.75) is 13.3 Å². The highest BCUT2D eigenvalue weighted by Crippen LogP contribution is 2.10. The average Bonchev–Trinajstić information content (AvgIpc) is 2.29. The SMILES string of the molecule is CC(CNC(=O)Cc1ccc(F)cc1F)C(N)=S. The molecule has 6 heteroatoms. The van der Waals surface area contributed by atoms with Gasteiger partial charge in [0.1, 0.15) is 11.6 Å². The van der Waals surface area contributed by atoms with E-state index in [0.717, 1.165) is 12.1 Å². The van der Waals surface area contributed by atoms with Gasteiger partial charge in [-0.3, -0.25) is 4.79 Å². The number of thiocarbonyl (C=S) groups is 1. The number of rotatable bonds is 5. The van der Waals surface area contributed by atoms with E-state index in [1.54, 1.807) is 6.92 Å². The summed E-state index contributed by atoms with van der Waals surface area (Å²) in [5.41, 5.74) is 5.54. The fraction of sp³-hybridized carbons (Fsp3) is 0.333. The lowest BCUT2D eigenvalue weighted by molar-refractivity contribution is -0.120. The van der Waals surface area contributed by atoms with E-state index in [9.17, 15) is 13.6 Å². The first kappa shape index (κ1) is 14.5. The minimum Gasteiger partial charge on any atom is -0.393 e. The van der Waals surface area contributed by atoms with E-state index in [2.05, 4.69) is 5.32 Å². The molecule has 0 heterocycles. The second-order valence-corrected chi connectivity index (χ2v) is 4.49. The standard InChI is InChI=1S/C12H14F2N2OS/c1-7(12(15)18)6-16-11(17)4-8-2-3-9(13)5-10(8)14/h2-3,5,7H,4,6H2,1H3,(H2,15,18)(H,16,17). The number of hydrogen-bond donors (Lipinski definition) is 2. The zero-order valence-electron chi connectivity index (χ0n) is 9.87. The fourth-order valence-electron chi connectivity index (χ4n) is 1.27. The van der Waals surface area contributed by atoms with E-state index < -0.39 is 11.6 Å². The van der Waals surface area contributed by atoms with Crippen LogP contribution in [0.2, 0.25) is 0 Å². The van der Waals surface area contributed by atoms with E-state index in [4.69, 9.17) is 18.0 Å². The molecule has 18 heavy (non-hydrogen) atoms. The number of halogens is 2. The molecule has 1 atom stereocenters. The molecule has 0 radical (unpaired) electrons. The highest BCUT2D eigenvalue weighted by atomic mass is 32.1. The molecule has 0 aliphatic carbocycles. The number of hydrogen-bond acceptors (Lipinski definition) is 2. The molecule has 1 amide bonds. The zero-order chi connectivity index (χ0) is 13.7. The molecule has 1 aromatic carbocycles. The lowest BCUT2D eigenvalue weighted by Gasteiger charge is -2.11. The Hall–Kier alpha value is -1.56. The first-order valence-electron chi connectivity index (χ1n) is 5.40. The maximum atomic E-state index is 13.3. The van der Waals surface area contributed by atoms with Crippen LogP contribution in [0.5, 0.6) is 0 Å². The first-order valence-corrected chi connectivity index (χ1v) is 5.81.